The van der Waals surface area contributed by atoms with Gasteiger partial charge in [-0.05, 0) is 18.2 Å². The number of benzene rings is 2. The molecule has 3 rings (SSSR count). The number of nitrogens with one attached hydrogen (secondary N) is 1. The van der Waals surface area contributed by atoms with E-state index < -0.39 is 0 Å². The van der Waals surface area contributed by atoms with Gasteiger partial charge in [0.1, 0.15) is 0 Å². The van der Waals surface area contributed by atoms with Crippen LogP contribution < -0.4 is 15.1 Å². The van der Waals surface area contributed by atoms with Gasteiger partial charge in [-0.1, -0.05) is 43.0 Å². The molecule has 3 nitrogen and oxygen atoms in total. The molecule has 0 bridgehead atoms. The van der Waals surface area contributed by atoms with Crippen molar-refractivity contribution in [2.45, 2.75) is 0 Å². The van der Waals surface area contributed by atoms with Crippen LogP contribution in [0, 0.1) is 0 Å². The van der Waals surface area contributed by atoms with Crippen molar-refractivity contribution in [1.29, 1.82) is 0 Å². The van der Waals surface area contributed by atoms with Crippen LogP contribution in [-0.2, 0) is 0 Å². The maximum Gasteiger partial charge on any atom is 0.0904 e. The third-order valence-corrected chi connectivity index (χ3v) is 3.97. The van der Waals surface area contributed by atoms with Crippen LogP contribution in [0.1, 0.15) is 5.56 Å². The second kappa shape index (κ2) is 5.92. The Balaban J connectivity index is 1.82. The van der Waals surface area contributed by atoms with Gasteiger partial charge in [-0.15, -0.1) is 0 Å². The number of anilines is 2. The van der Waals surface area contributed by atoms with Crippen LogP contribution in [0.25, 0.3) is 5.70 Å². The van der Waals surface area contributed by atoms with Gasteiger partial charge < -0.3 is 15.1 Å². The Morgan fingerprint density at radius 3 is 2.38 bits per heavy atom. The van der Waals surface area contributed by atoms with E-state index in [2.05, 4.69) is 76.3 Å². The summed E-state index contributed by atoms with van der Waals surface area (Å²) in [7, 11) is 1.92. The van der Waals surface area contributed by atoms with Gasteiger partial charge in [0.25, 0.3) is 0 Å². The molecule has 0 aliphatic carbocycles. The molecule has 3 heteroatoms. The van der Waals surface area contributed by atoms with Gasteiger partial charge >= 0.3 is 0 Å². The molecular weight excluding hydrogens is 258 g/mol. The number of hydrogen-bond donors (Lipinski definition) is 1. The average molecular weight is 279 g/mol. The Labute approximate surface area is 126 Å². The minimum Gasteiger partial charge on any atom is -0.388 e. The number of para-hydroxylation sites is 2. The summed E-state index contributed by atoms with van der Waals surface area (Å²) < 4.78 is 0. The van der Waals surface area contributed by atoms with E-state index in [-0.39, 0.29) is 0 Å². The lowest BCUT2D eigenvalue weighted by Crippen LogP contribution is -2.26. The standard InChI is InChI=1S/C18H21N3/c1-15(19-2)17-10-6-7-11-18(17)21-13-12-20(14-21)16-8-4-3-5-9-16/h3-11,19H,1,12-14H2,2H3. The molecular formula is C18H21N3. The van der Waals surface area contributed by atoms with Crippen molar-refractivity contribution >= 4 is 17.1 Å². The van der Waals surface area contributed by atoms with E-state index in [9.17, 15) is 0 Å². The molecule has 1 saturated heterocycles. The monoisotopic (exact) mass is 279 g/mol. The molecule has 0 radical (unpaired) electrons. The summed E-state index contributed by atoms with van der Waals surface area (Å²) in [6.07, 6.45) is 0. The van der Waals surface area contributed by atoms with Crippen LogP contribution >= 0.6 is 0 Å². The number of rotatable bonds is 4. The smallest absolute Gasteiger partial charge is 0.0904 e. The SMILES string of the molecule is C=C(NC)c1ccccc1N1CCN(c2ccccc2)C1. The first-order valence-electron chi connectivity index (χ1n) is 7.30. The number of hydrogen-bond acceptors (Lipinski definition) is 3. The van der Waals surface area contributed by atoms with Crippen molar-refractivity contribution in [1.82, 2.24) is 5.32 Å². The second-order valence-electron chi connectivity index (χ2n) is 5.25. The van der Waals surface area contributed by atoms with Crippen molar-refractivity contribution in [3.05, 3.63) is 66.7 Å². The highest BCUT2D eigenvalue weighted by Crippen LogP contribution is 2.28. The quantitative estimate of drug-likeness (QED) is 0.927. The van der Waals surface area contributed by atoms with E-state index in [4.69, 9.17) is 0 Å². The lowest BCUT2D eigenvalue weighted by atomic mass is 10.1. The third-order valence-electron chi connectivity index (χ3n) is 3.97. The lowest BCUT2D eigenvalue weighted by Gasteiger charge is -2.24. The fraction of sp³-hybridized carbons (Fsp3) is 0.222. The van der Waals surface area contributed by atoms with Crippen LogP contribution in [0.2, 0.25) is 0 Å². The Morgan fingerprint density at radius 2 is 1.62 bits per heavy atom. The van der Waals surface area contributed by atoms with Crippen molar-refractivity contribution in [2.24, 2.45) is 0 Å². The molecule has 0 unspecified atom stereocenters. The van der Waals surface area contributed by atoms with Gasteiger partial charge in [0.2, 0.25) is 0 Å². The molecule has 0 amide bonds. The lowest BCUT2D eigenvalue weighted by molar-refractivity contribution is 0.946. The van der Waals surface area contributed by atoms with Crippen molar-refractivity contribution in [2.75, 3.05) is 36.6 Å². The van der Waals surface area contributed by atoms with Crippen molar-refractivity contribution in [3.8, 4) is 0 Å². The van der Waals surface area contributed by atoms with Gasteiger partial charge in [-0.2, -0.15) is 0 Å². The zero-order valence-electron chi connectivity index (χ0n) is 12.4. The highest BCUT2D eigenvalue weighted by Gasteiger charge is 2.22. The Bertz CT molecular complexity index is 621. The fourth-order valence-corrected chi connectivity index (χ4v) is 2.77. The summed E-state index contributed by atoms with van der Waals surface area (Å²) in [4.78, 5) is 4.81. The van der Waals surface area contributed by atoms with Crippen LogP contribution in [0.4, 0.5) is 11.4 Å². The van der Waals surface area contributed by atoms with Crippen LogP contribution in [0.5, 0.6) is 0 Å². The van der Waals surface area contributed by atoms with Gasteiger partial charge in [0.05, 0.1) is 6.67 Å². The van der Waals surface area contributed by atoms with E-state index >= 15 is 0 Å². The Morgan fingerprint density at radius 1 is 0.952 bits per heavy atom. The zero-order chi connectivity index (χ0) is 14.7. The summed E-state index contributed by atoms with van der Waals surface area (Å²) in [5, 5.41) is 3.15. The average Bonchev–Trinajstić information content (AvgIpc) is 3.05. The van der Waals surface area contributed by atoms with E-state index in [0.29, 0.717) is 0 Å². The number of nitrogens with zero attached hydrogens (tertiary/aromatic N) is 2. The summed E-state index contributed by atoms with van der Waals surface area (Å²) in [6, 6.07) is 19.0. The molecule has 1 aliphatic rings. The first kappa shape index (κ1) is 13.6. The molecule has 21 heavy (non-hydrogen) atoms. The minimum atomic E-state index is 0.915. The first-order chi connectivity index (χ1) is 10.3. The van der Waals surface area contributed by atoms with Gasteiger partial charge in [-0.25, -0.2) is 0 Å². The summed E-state index contributed by atoms with van der Waals surface area (Å²) >= 11 is 0. The van der Waals surface area contributed by atoms with E-state index in [1.165, 1.54) is 16.9 Å². The zero-order valence-corrected chi connectivity index (χ0v) is 12.4. The van der Waals surface area contributed by atoms with Crippen molar-refractivity contribution in [3.63, 3.8) is 0 Å². The Hall–Kier alpha value is -2.42. The first-order valence-corrected chi connectivity index (χ1v) is 7.30. The summed E-state index contributed by atoms with van der Waals surface area (Å²) in [6.45, 7) is 7.09. The maximum atomic E-state index is 4.10. The maximum absolute atomic E-state index is 4.10. The molecule has 0 atom stereocenters. The Kier molecular flexibility index (Phi) is 3.82. The van der Waals surface area contributed by atoms with E-state index in [1.54, 1.807) is 0 Å². The second-order valence-corrected chi connectivity index (χ2v) is 5.25. The normalized spacial score (nSPS) is 14.3. The molecule has 1 aliphatic heterocycles. The van der Waals surface area contributed by atoms with Crippen LogP contribution in [0.3, 0.4) is 0 Å². The molecule has 1 N–H and O–H groups in total. The van der Waals surface area contributed by atoms with Gasteiger partial charge in [-0.3, -0.25) is 0 Å². The largest absolute Gasteiger partial charge is 0.388 e. The predicted molar refractivity (Wildman–Crippen MR) is 90.5 cm³/mol. The van der Waals surface area contributed by atoms with Crippen LogP contribution in [0.15, 0.2) is 61.2 Å². The fourth-order valence-electron chi connectivity index (χ4n) is 2.77. The topological polar surface area (TPSA) is 18.5 Å². The van der Waals surface area contributed by atoms with E-state index in [0.717, 1.165) is 25.5 Å². The predicted octanol–water partition coefficient (Wildman–Crippen LogP) is 3.16. The molecule has 0 saturated carbocycles. The summed E-state index contributed by atoms with van der Waals surface area (Å²) in [5.41, 5.74) is 4.67. The molecule has 1 heterocycles. The highest BCUT2D eigenvalue weighted by molar-refractivity contribution is 5.75. The summed E-state index contributed by atoms with van der Waals surface area (Å²) in [5.74, 6) is 0. The van der Waals surface area contributed by atoms with E-state index in [1.807, 2.05) is 7.05 Å². The molecule has 1 fully saturated rings. The molecule has 0 aromatic heterocycles. The highest BCUT2D eigenvalue weighted by atomic mass is 15.4. The van der Waals surface area contributed by atoms with Gasteiger partial charge in [0.15, 0.2) is 0 Å². The molecule has 2 aromatic rings. The third kappa shape index (κ3) is 2.72. The molecule has 2 aromatic carbocycles. The minimum absolute atomic E-state index is 0.915. The van der Waals surface area contributed by atoms with Crippen LogP contribution in [-0.4, -0.2) is 26.8 Å². The van der Waals surface area contributed by atoms with Gasteiger partial charge in [0, 0.05) is 42.8 Å². The molecule has 0 spiro atoms. The van der Waals surface area contributed by atoms with Crippen molar-refractivity contribution < 1.29 is 0 Å². The molecule has 108 valence electrons.